The third kappa shape index (κ3) is 4.14. The highest BCUT2D eigenvalue weighted by atomic mass is 32.1. The molecule has 0 saturated carbocycles. The second-order valence-corrected chi connectivity index (χ2v) is 6.83. The zero-order chi connectivity index (χ0) is 17.6. The Morgan fingerprint density at radius 2 is 2.12 bits per heavy atom. The Morgan fingerprint density at radius 1 is 1.28 bits per heavy atom. The van der Waals surface area contributed by atoms with E-state index in [-0.39, 0.29) is 24.8 Å². The Labute approximate surface area is 151 Å². The minimum atomic E-state index is -0.142. The molecule has 2 aromatic rings. The van der Waals surface area contributed by atoms with Crippen molar-refractivity contribution < 1.29 is 9.59 Å². The number of amides is 2. The largest absolute Gasteiger partial charge is 0.355 e. The molecule has 6 heteroatoms. The van der Waals surface area contributed by atoms with Crippen LogP contribution in [0.3, 0.4) is 0 Å². The number of nitrogens with zero attached hydrogens (tertiary/aromatic N) is 2. The highest BCUT2D eigenvalue weighted by molar-refractivity contribution is 7.12. The molecule has 130 valence electrons. The third-order valence-corrected chi connectivity index (χ3v) is 4.93. The average Bonchev–Trinajstić information content (AvgIpc) is 3.10. The first kappa shape index (κ1) is 17.4. The van der Waals surface area contributed by atoms with Crippen molar-refractivity contribution in [2.45, 2.75) is 26.2 Å². The Bertz CT molecular complexity index is 784. The van der Waals surface area contributed by atoms with Crippen LogP contribution in [0.5, 0.6) is 0 Å². The number of nitrogens with one attached hydrogen (secondary N) is 1. The summed E-state index contributed by atoms with van der Waals surface area (Å²) in [5, 5.41) is 4.84. The number of carbonyl (C=O) groups is 2. The highest BCUT2D eigenvalue weighted by Gasteiger charge is 2.26. The van der Waals surface area contributed by atoms with E-state index in [0.29, 0.717) is 12.2 Å². The van der Waals surface area contributed by atoms with Crippen LogP contribution in [-0.4, -0.2) is 30.6 Å². The first-order valence-electron chi connectivity index (χ1n) is 8.46. The van der Waals surface area contributed by atoms with Crippen LogP contribution in [0.4, 0.5) is 11.4 Å². The van der Waals surface area contributed by atoms with E-state index >= 15 is 0 Å². The fourth-order valence-corrected chi connectivity index (χ4v) is 3.42. The topological polar surface area (TPSA) is 61.8 Å². The van der Waals surface area contributed by atoms with Crippen molar-refractivity contribution in [1.82, 2.24) is 5.32 Å². The van der Waals surface area contributed by atoms with E-state index in [1.165, 1.54) is 0 Å². The Balaban J connectivity index is 1.85. The Morgan fingerprint density at radius 3 is 2.88 bits per heavy atom. The first-order chi connectivity index (χ1) is 12.2. The summed E-state index contributed by atoms with van der Waals surface area (Å²) >= 11 is 1.56. The summed E-state index contributed by atoms with van der Waals surface area (Å²) in [7, 11) is 0. The van der Waals surface area contributed by atoms with Gasteiger partial charge in [0, 0.05) is 11.4 Å². The zero-order valence-electron chi connectivity index (χ0n) is 14.2. The van der Waals surface area contributed by atoms with Crippen molar-refractivity contribution in [2.75, 3.05) is 18.0 Å². The van der Waals surface area contributed by atoms with Gasteiger partial charge in [0.15, 0.2) is 0 Å². The van der Waals surface area contributed by atoms with Gasteiger partial charge < -0.3 is 10.2 Å². The van der Waals surface area contributed by atoms with E-state index in [0.717, 1.165) is 29.1 Å². The lowest BCUT2D eigenvalue weighted by atomic mass is 10.2. The predicted molar refractivity (Wildman–Crippen MR) is 102 cm³/mol. The molecule has 2 heterocycles. The molecular formula is C19H21N3O2S. The van der Waals surface area contributed by atoms with E-state index in [2.05, 4.69) is 12.2 Å². The fraction of sp³-hybridized carbons (Fsp3) is 0.316. The van der Waals surface area contributed by atoms with Gasteiger partial charge in [-0.2, -0.15) is 0 Å². The standard InChI is InChI=1S/C19H21N3O2S/c1-2-3-10-20-18(23)13-22-16-8-5-4-7-14(16)21-15(12-19(22)24)17-9-6-11-25-17/h4-9,11H,2-3,10,12-13H2,1H3,(H,20,23). The number of thiophene rings is 1. The molecule has 0 atom stereocenters. The Hall–Kier alpha value is -2.47. The summed E-state index contributed by atoms with van der Waals surface area (Å²) in [6, 6.07) is 11.4. The smallest absolute Gasteiger partial charge is 0.240 e. The number of rotatable bonds is 6. The monoisotopic (exact) mass is 355 g/mol. The maximum absolute atomic E-state index is 12.8. The summed E-state index contributed by atoms with van der Waals surface area (Å²) in [5.74, 6) is -0.251. The predicted octanol–water partition coefficient (Wildman–Crippen LogP) is 3.52. The lowest BCUT2D eigenvalue weighted by molar-refractivity contribution is -0.123. The van der Waals surface area contributed by atoms with Crippen molar-refractivity contribution in [3.8, 4) is 0 Å². The van der Waals surface area contributed by atoms with Gasteiger partial charge >= 0.3 is 0 Å². The molecule has 1 N–H and O–H groups in total. The van der Waals surface area contributed by atoms with E-state index in [1.807, 2.05) is 41.8 Å². The molecule has 1 aliphatic rings. The van der Waals surface area contributed by atoms with Gasteiger partial charge in [-0.05, 0) is 30.0 Å². The average molecular weight is 355 g/mol. The number of aliphatic imine (C=N–C) groups is 1. The number of hydrogen-bond donors (Lipinski definition) is 1. The third-order valence-electron chi connectivity index (χ3n) is 4.01. The van der Waals surface area contributed by atoms with Crippen LogP contribution in [0.25, 0.3) is 0 Å². The molecule has 0 unspecified atom stereocenters. The van der Waals surface area contributed by atoms with Gasteiger partial charge in [0.25, 0.3) is 0 Å². The maximum Gasteiger partial charge on any atom is 0.240 e. The van der Waals surface area contributed by atoms with Crippen LogP contribution in [0, 0.1) is 0 Å². The molecule has 0 radical (unpaired) electrons. The molecule has 0 bridgehead atoms. The number of anilines is 1. The van der Waals surface area contributed by atoms with Crippen molar-refractivity contribution >= 4 is 40.2 Å². The molecule has 3 rings (SSSR count). The van der Waals surface area contributed by atoms with Crippen LogP contribution >= 0.6 is 11.3 Å². The molecule has 0 saturated heterocycles. The van der Waals surface area contributed by atoms with Gasteiger partial charge in [0.1, 0.15) is 6.54 Å². The molecule has 1 aliphatic heterocycles. The number of benzene rings is 1. The van der Waals surface area contributed by atoms with Crippen molar-refractivity contribution in [1.29, 1.82) is 0 Å². The maximum atomic E-state index is 12.8. The molecule has 0 aliphatic carbocycles. The van der Waals surface area contributed by atoms with Crippen LogP contribution in [-0.2, 0) is 9.59 Å². The van der Waals surface area contributed by atoms with E-state index in [4.69, 9.17) is 4.99 Å². The number of fused-ring (bicyclic) bond motifs is 1. The highest BCUT2D eigenvalue weighted by Crippen LogP contribution is 2.33. The van der Waals surface area contributed by atoms with Gasteiger partial charge in [-0.15, -0.1) is 11.3 Å². The zero-order valence-corrected chi connectivity index (χ0v) is 15.0. The van der Waals surface area contributed by atoms with Gasteiger partial charge in [-0.3, -0.25) is 9.59 Å². The van der Waals surface area contributed by atoms with Gasteiger partial charge in [0.05, 0.1) is 23.5 Å². The number of para-hydroxylation sites is 2. The SMILES string of the molecule is CCCCNC(=O)CN1C(=O)CC(c2cccs2)=Nc2ccccc21. The van der Waals surface area contributed by atoms with Crippen LogP contribution < -0.4 is 10.2 Å². The summed E-state index contributed by atoms with van der Waals surface area (Å²) in [6.07, 6.45) is 2.14. The molecule has 0 spiro atoms. The van der Waals surface area contributed by atoms with E-state index < -0.39 is 0 Å². The fourth-order valence-electron chi connectivity index (χ4n) is 2.71. The lowest BCUT2D eigenvalue weighted by Gasteiger charge is -2.21. The molecule has 5 nitrogen and oxygen atoms in total. The van der Waals surface area contributed by atoms with Crippen molar-refractivity contribution in [2.24, 2.45) is 4.99 Å². The molecule has 1 aromatic carbocycles. The van der Waals surface area contributed by atoms with E-state index in [1.54, 1.807) is 16.2 Å². The van der Waals surface area contributed by atoms with Gasteiger partial charge in [-0.25, -0.2) is 4.99 Å². The van der Waals surface area contributed by atoms with Crippen LogP contribution in [0.2, 0.25) is 0 Å². The molecule has 25 heavy (non-hydrogen) atoms. The van der Waals surface area contributed by atoms with Crippen molar-refractivity contribution in [3.63, 3.8) is 0 Å². The quantitative estimate of drug-likeness (QED) is 0.806. The van der Waals surface area contributed by atoms with E-state index in [9.17, 15) is 9.59 Å². The minimum Gasteiger partial charge on any atom is -0.355 e. The molecule has 2 amide bonds. The summed E-state index contributed by atoms with van der Waals surface area (Å²) in [6.45, 7) is 2.73. The molecular weight excluding hydrogens is 334 g/mol. The van der Waals surface area contributed by atoms with Gasteiger partial charge in [0.2, 0.25) is 11.8 Å². The summed E-state index contributed by atoms with van der Waals surface area (Å²) < 4.78 is 0. The molecule has 0 fully saturated rings. The first-order valence-corrected chi connectivity index (χ1v) is 9.34. The van der Waals surface area contributed by atoms with Crippen LogP contribution in [0.1, 0.15) is 31.1 Å². The number of unbranched alkanes of at least 4 members (excludes halogenated alkanes) is 1. The second-order valence-electron chi connectivity index (χ2n) is 5.88. The van der Waals surface area contributed by atoms with Crippen molar-refractivity contribution in [3.05, 3.63) is 46.7 Å². The summed E-state index contributed by atoms with van der Waals surface area (Å²) in [4.78, 5) is 32.3. The van der Waals surface area contributed by atoms with Gasteiger partial charge in [-0.1, -0.05) is 31.5 Å². The summed E-state index contributed by atoms with van der Waals surface area (Å²) in [5.41, 5.74) is 2.16. The lowest BCUT2D eigenvalue weighted by Crippen LogP contribution is -2.41. The molecule has 1 aromatic heterocycles. The normalized spacial score (nSPS) is 13.9. The second kappa shape index (κ2) is 8.07. The number of hydrogen-bond acceptors (Lipinski definition) is 4. The minimum absolute atomic E-state index is 0.0206. The number of carbonyl (C=O) groups excluding carboxylic acids is 2. The van der Waals surface area contributed by atoms with Crippen LogP contribution in [0.15, 0.2) is 46.8 Å². The Kier molecular flexibility index (Phi) is 5.60.